The van der Waals surface area contributed by atoms with Gasteiger partial charge in [-0.3, -0.25) is 14.9 Å². The Bertz CT molecular complexity index is 1480. The number of hydrogen-bond acceptors (Lipinski definition) is 6. The van der Waals surface area contributed by atoms with E-state index in [-0.39, 0.29) is 17.7 Å². The van der Waals surface area contributed by atoms with Crippen molar-refractivity contribution >= 4 is 29.3 Å². The number of carbonyl (C=O) groups excluding carboxylic acids is 2. The van der Waals surface area contributed by atoms with Crippen LogP contribution in [0.25, 0.3) is 11.1 Å². The molecule has 48 heavy (non-hydrogen) atoms. The summed E-state index contributed by atoms with van der Waals surface area (Å²) in [7, 11) is 1.89. The van der Waals surface area contributed by atoms with Gasteiger partial charge in [-0.15, -0.1) is 0 Å². The molecule has 0 atom stereocenters. The monoisotopic (exact) mass is 654 g/mol. The SMILES string of the molecule is CN(CCN1CCC(c2cccc(-c3ccccc3)c2NC(=O)O)CC1)C(=O)CCCCCNc1ccc(C(=O)N2CCNCC2)cc1. The van der Waals surface area contributed by atoms with Crippen molar-refractivity contribution in [1.29, 1.82) is 0 Å². The number of likely N-dealkylation sites (tertiary alicyclic amines) is 1. The number of nitrogens with zero attached hydrogens (tertiary/aromatic N) is 3. The van der Waals surface area contributed by atoms with E-state index in [0.29, 0.717) is 18.7 Å². The van der Waals surface area contributed by atoms with Gasteiger partial charge in [0, 0.05) is 76.1 Å². The molecule has 0 aliphatic carbocycles. The second kappa shape index (κ2) is 17.7. The van der Waals surface area contributed by atoms with E-state index in [2.05, 4.69) is 26.9 Å². The Hall–Kier alpha value is -4.41. The van der Waals surface area contributed by atoms with E-state index in [1.54, 1.807) is 0 Å². The van der Waals surface area contributed by atoms with Crippen LogP contribution in [-0.4, -0.2) is 104 Å². The van der Waals surface area contributed by atoms with Gasteiger partial charge < -0.3 is 30.4 Å². The fraction of sp³-hybridized carbons (Fsp3) is 0.447. The Morgan fingerprint density at radius 3 is 2.31 bits per heavy atom. The molecule has 3 aromatic carbocycles. The zero-order valence-electron chi connectivity index (χ0n) is 28.1. The first-order valence-corrected chi connectivity index (χ1v) is 17.4. The minimum atomic E-state index is -1.05. The topological polar surface area (TPSA) is 117 Å². The van der Waals surface area contributed by atoms with E-state index in [1.165, 1.54) is 0 Å². The number of para-hydroxylation sites is 1. The van der Waals surface area contributed by atoms with Crippen molar-refractivity contribution in [2.45, 2.75) is 44.4 Å². The van der Waals surface area contributed by atoms with Gasteiger partial charge in [-0.1, -0.05) is 55.0 Å². The third-order valence-electron chi connectivity index (χ3n) is 9.55. The Balaban J connectivity index is 0.975. The molecule has 2 heterocycles. The summed E-state index contributed by atoms with van der Waals surface area (Å²) in [6.07, 6.45) is 4.20. The number of amides is 3. The summed E-state index contributed by atoms with van der Waals surface area (Å²) in [4.78, 5) is 43.3. The molecule has 0 bridgehead atoms. The molecule has 0 unspecified atom stereocenters. The first-order valence-electron chi connectivity index (χ1n) is 17.4. The van der Waals surface area contributed by atoms with Crippen LogP contribution in [0.15, 0.2) is 72.8 Å². The molecule has 3 aromatic rings. The number of unbranched alkanes of at least 4 members (excludes halogenated alkanes) is 2. The number of rotatable bonds is 14. The highest BCUT2D eigenvalue weighted by Crippen LogP contribution is 2.39. The molecular weight excluding hydrogens is 604 g/mol. The average molecular weight is 655 g/mol. The van der Waals surface area contributed by atoms with Crippen LogP contribution >= 0.6 is 0 Å². The second-order valence-corrected chi connectivity index (χ2v) is 12.9. The van der Waals surface area contributed by atoms with Crippen LogP contribution in [0.2, 0.25) is 0 Å². The zero-order chi connectivity index (χ0) is 33.7. The van der Waals surface area contributed by atoms with E-state index in [4.69, 9.17) is 0 Å². The number of nitrogens with one attached hydrogen (secondary N) is 3. The molecule has 10 heteroatoms. The summed E-state index contributed by atoms with van der Waals surface area (Å²) in [6.45, 7) is 7.38. The van der Waals surface area contributed by atoms with Gasteiger partial charge in [0.2, 0.25) is 5.91 Å². The molecule has 2 fully saturated rings. The number of piperidine rings is 1. The summed E-state index contributed by atoms with van der Waals surface area (Å²) in [6, 6.07) is 23.7. The second-order valence-electron chi connectivity index (χ2n) is 12.9. The number of hydrogen-bond donors (Lipinski definition) is 4. The molecule has 3 amide bonds. The van der Waals surface area contributed by atoms with Gasteiger partial charge in [-0.25, -0.2) is 4.79 Å². The summed E-state index contributed by atoms with van der Waals surface area (Å²) in [5.41, 5.74) is 5.36. The normalized spacial score (nSPS) is 15.6. The quantitative estimate of drug-likeness (QED) is 0.162. The van der Waals surface area contributed by atoms with Gasteiger partial charge in [-0.2, -0.15) is 0 Å². The van der Waals surface area contributed by atoms with Gasteiger partial charge in [0.1, 0.15) is 0 Å². The molecule has 0 saturated carbocycles. The van der Waals surface area contributed by atoms with Crippen LogP contribution < -0.4 is 16.0 Å². The van der Waals surface area contributed by atoms with Gasteiger partial charge in [0.25, 0.3) is 5.91 Å². The predicted molar refractivity (Wildman–Crippen MR) is 192 cm³/mol. The molecule has 2 aliphatic rings. The van der Waals surface area contributed by atoms with Gasteiger partial charge in [-0.05, 0) is 80.1 Å². The van der Waals surface area contributed by atoms with Crippen molar-refractivity contribution in [2.75, 3.05) is 76.6 Å². The zero-order valence-corrected chi connectivity index (χ0v) is 28.1. The largest absolute Gasteiger partial charge is 0.465 e. The predicted octanol–water partition coefficient (Wildman–Crippen LogP) is 5.80. The average Bonchev–Trinajstić information content (AvgIpc) is 3.12. The van der Waals surface area contributed by atoms with Crippen LogP contribution in [0.1, 0.15) is 60.4 Å². The lowest BCUT2D eigenvalue weighted by atomic mass is 9.86. The summed E-state index contributed by atoms with van der Waals surface area (Å²) >= 11 is 0. The number of piperazine rings is 1. The maximum absolute atomic E-state index is 12.8. The third kappa shape index (κ3) is 9.81. The van der Waals surface area contributed by atoms with E-state index >= 15 is 0 Å². The van der Waals surface area contributed by atoms with Crippen molar-refractivity contribution in [3.05, 3.63) is 83.9 Å². The van der Waals surface area contributed by atoms with Crippen LogP contribution in [-0.2, 0) is 4.79 Å². The van der Waals surface area contributed by atoms with Crippen LogP contribution in [0, 0.1) is 0 Å². The maximum Gasteiger partial charge on any atom is 0.409 e. The van der Waals surface area contributed by atoms with Gasteiger partial charge in [0.15, 0.2) is 0 Å². The molecule has 2 saturated heterocycles. The highest BCUT2D eigenvalue weighted by Gasteiger charge is 2.25. The molecule has 0 aromatic heterocycles. The maximum atomic E-state index is 12.8. The van der Waals surface area contributed by atoms with Crippen molar-refractivity contribution in [3.63, 3.8) is 0 Å². The Labute approximate surface area is 284 Å². The summed E-state index contributed by atoms with van der Waals surface area (Å²) < 4.78 is 0. The number of carbonyl (C=O) groups is 3. The Morgan fingerprint density at radius 1 is 0.875 bits per heavy atom. The van der Waals surface area contributed by atoms with E-state index in [0.717, 1.165) is 112 Å². The molecule has 4 N–H and O–H groups in total. The fourth-order valence-corrected chi connectivity index (χ4v) is 6.68. The first-order chi connectivity index (χ1) is 23.4. The van der Waals surface area contributed by atoms with Crippen molar-refractivity contribution in [2.24, 2.45) is 0 Å². The molecule has 0 radical (unpaired) electrons. The number of carboxylic acid groups (broad SMARTS) is 1. The lowest BCUT2D eigenvalue weighted by Gasteiger charge is -2.34. The van der Waals surface area contributed by atoms with Crippen molar-refractivity contribution < 1.29 is 19.5 Å². The minimum absolute atomic E-state index is 0.0916. The highest BCUT2D eigenvalue weighted by molar-refractivity contribution is 5.94. The fourth-order valence-electron chi connectivity index (χ4n) is 6.68. The van der Waals surface area contributed by atoms with E-state index in [1.807, 2.05) is 83.6 Å². The minimum Gasteiger partial charge on any atom is -0.465 e. The Kier molecular flexibility index (Phi) is 12.8. The van der Waals surface area contributed by atoms with Crippen LogP contribution in [0.4, 0.5) is 16.2 Å². The molecular formula is C38H50N6O4. The molecule has 256 valence electrons. The van der Waals surface area contributed by atoms with Crippen LogP contribution in [0.5, 0.6) is 0 Å². The lowest BCUT2D eigenvalue weighted by Crippen LogP contribution is -2.46. The third-order valence-corrected chi connectivity index (χ3v) is 9.55. The standard InChI is InChI=1S/C38H50N6O4/c1-42(35(45)13-6-3-7-20-40-32-16-14-31(15-17-32)37(46)44-25-21-39-22-26-44)27-28-43-23-18-30(19-24-43)34-12-8-11-33(36(34)41-38(47)48)29-9-4-2-5-10-29/h2,4-5,8-12,14-17,30,39-41H,3,6-7,13,18-28H2,1H3,(H,47,48). The lowest BCUT2D eigenvalue weighted by molar-refractivity contribution is -0.130. The van der Waals surface area contributed by atoms with Gasteiger partial charge in [0.05, 0.1) is 5.69 Å². The van der Waals surface area contributed by atoms with E-state index in [9.17, 15) is 19.5 Å². The number of likely N-dealkylation sites (N-methyl/N-ethyl adjacent to an activating group) is 1. The number of anilines is 2. The molecule has 0 spiro atoms. The van der Waals surface area contributed by atoms with E-state index < -0.39 is 6.09 Å². The Morgan fingerprint density at radius 2 is 1.60 bits per heavy atom. The summed E-state index contributed by atoms with van der Waals surface area (Å²) in [5, 5.41) is 19.0. The smallest absolute Gasteiger partial charge is 0.409 e. The molecule has 2 aliphatic heterocycles. The number of benzene rings is 3. The molecule has 10 nitrogen and oxygen atoms in total. The van der Waals surface area contributed by atoms with Crippen LogP contribution in [0.3, 0.4) is 0 Å². The highest BCUT2D eigenvalue weighted by atomic mass is 16.4. The van der Waals surface area contributed by atoms with Gasteiger partial charge >= 0.3 is 6.09 Å². The first kappa shape index (κ1) is 34.9. The molecule has 5 rings (SSSR count). The van der Waals surface area contributed by atoms with Crippen molar-refractivity contribution in [3.8, 4) is 11.1 Å². The van der Waals surface area contributed by atoms with Crippen molar-refractivity contribution in [1.82, 2.24) is 20.0 Å². The summed E-state index contributed by atoms with van der Waals surface area (Å²) in [5.74, 6) is 0.547.